The second-order valence-electron chi connectivity index (χ2n) is 4.13. The summed E-state index contributed by atoms with van der Waals surface area (Å²) >= 11 is 17.2. The molecule has 0 N–H and O–H groups in total. The lowest BCUT2D eigenvalue weighted by Crippen LogP contribution is -2.39. The van der Waals surface area contributed by atoms with Gasteiger partial charge in [0.2, 0.25) is 0 Å². The van der Waals surface area contributed by atoms with Crippen molar-refractivity contribution in [1.29, 1.82) is 0 Å². The topological polar surface area (TPSA) is 29.5 Å². The Kier molecular flexibility index (Phi) is 4.60. The molecule has 18 heavy (non-hydrogen) atoms. The van der Waals surface area contributed by atoms with E-state index in [0.29, 0.717) is 28.9 Å². The number of nitrogens with zero attached hydrogens (tertiary/aromatic N) is 1. The Hall–Kier alpha value is -0.640. The summed E-state index contributed by atoms with van der Waals surface area (Å²) < 4.78 is 5.80. The Labute approximate surface area is 121 Å². The fourth-order valence-electron chi connectivity index (χ4n) is 1.89. The molecule has 1 aliphatic heterocycles. The van der Waals surface area contributed by atoms with Gasteiger partial charge in [0.25, 0.3) is 0 Å². The summed E-state index contributed by atoms with van der Waals surface area (Å²) in [5, 5.41) is 0.581. The molecule has 1 aromatic rings. The van der Waals surface area contributed by atoms with Gasteiger partial charge in [-0.1, -0.05) is 23.2 Å². The summed E-state index contributed by atoms with van der Waals surface area (Å²) in [6, 6.07) is 5.19. The predicted octanol–water partition coefficient (Wildman–Crippen LogP) is 4.20. The third kappa shape index (κ3) is 3.44. The minimum Gasteiger partial charge on any atom is -0.490 e. The van der Waals surface area contributed by atoms with Crippen LogP contribution in [0.15, 0.2) is 18.2 Å². The maximum absolute atomic E-state index is 11.0. The number of likely N-dealkylation sites (tertiary alicyclic amines) is 1. The van der Waals surface area contributed by atoms with Gasteiger partial charge < -0.3 is 9.64 Å². The molecule has 0 bridgehead atoms. The van der Waals surface area contributed by atoms with E-state index >= 15 is 0 Å². The quantitative estimate of drug-likeness (QED) is 0.605. The van der Waals surface area contributed by atoms with E-state index in [9.17, 15) is 4.79 Å². The summed E-state index contributed by atoms with van der Waals surface area (Å²) in [5.74, 6) is 0.694. The zero-order chi connectivity index (χ0) is 13.1. The molecular weight excluding hydrogens is 296 g/mol. The van der Waals surface area contributed by atoms with Crippen LogP contribution in [0.4, 0.5) is 4.79 Å². The number of amides is 1. The normalized spacial score (nSPS) is 16.7. The summed E-state index contributed by atoms with van der Waals surface area (Å²) in [6.45, 7) is 1.24. The average molecular weight is 309 g/mol. The third-order valence-electron chi connectivity index (χ3n) is 2.88. The minimum absolute atomic E-state index is 0.0782. The number of hydrogen-bond donors (Lipinski definition) is 0. The summed E-state index contributed by atoms with van der Waals surface area (Å²) in [5.41, 5.74) is 0. The van der Waals surface area contributed by atoms with Crippen LogP contribution in [0.1, 0.15) is 12.8 Å². The van der Waals surface area contributed by atoms with Crippen molar-refractivity contribution >= 4 is 40.2 Å². The van der Waals surface area contributed by atoms with Crippen LogP contribution >= 0.6 is 34.8 Å². The zero-order valence-electron chi connectivity index (χ0n) is 9.54. The van der Waals surface area contributed by atoms with Crippen molar-refractivity contribution in [3.8, 4) is 5.75 Å². The van der Waals surface area contributed by atoms with Gasteiger partial charge in [-0.05, 0) is 23.7 Å². The lowest BCUT2D eigenvalue weighted by Gasteiger charge is -2.30. The number of piperidine rings is 1. The largest absolute Gasteiger partial charge is 0.490 e. The molecule has 1 amide bonds. The molecule has 0 aromatic heterocycles. The van der Waals surface area contributed by atoms with E-state index in [1.165, 1.54) is 0 Å². The highest BCUT2D eigenvalue weighted by Gasteiger charge is 2.22. The lowest BCUT2D eigenvalue weighted by molar-refractivity contribution is 0.118. The van der Waals surface area contributed by atoms with Crippen molar-refractivity contribution in [3.05, 3.63) is 28.2 Å². The van der Waals surface area contributed by atoms with Crippen molar-refractivity contribution in [3.63, 3.8) is 0 Å². The van der Waals surface area contributed by atoms with Gasteiger partial charge in [-0.2, -0.15) is 0 Å². The van der Waals surface area contributed by atoms with Gasteiger partial charge in [-0.3, -0.25) is 4.79 Å². The second kappa shape index (κ2) is 6.00. The van der Waals surface area contributed by atoms with E-state index < -0.39 is 5.37 Å². The smallest absolute Gasteiger partial charge is 0.316 e. The zero-order valence-corrected chi connectivity index (χ0v) is 11.8. The maximum Gasteiger partial charge on any atom is 0.316 e. The molecule has 1 fully saturated rings. The van der Waals surface area contributed by atoms with E-state index in [1.807, 2.05) is 0 Å². The number of hydrogen-bond acceptors (Lipinski definition) is 2. The molecule has 0 spiro atoms. The molecule has 1 aliphatic rings. The third-order valence-corrected chi connectivity index (χ3v) is 3.86. The van der Waals surface area contributed by atoms with Crippen molar-refractivity contribution in [2.24, 2.45) is 0 Å². The van der Waals surface area contributed by atoms with Crippen LogP contribution in [-0.2, 0) is 0 Å². The molecule has 3 nitrogen and oxygen atoms in total. The fourth-order valence-corrected chi connectivity index (χ4v) is 2.35. The van der Waals surface area contributed by atoms with E-state index in [-0.39, 0.29) is 6.10 Å². The molecule has 0 radical (unpaired) electrons. The first-order valence-corrected chi connectivity index (χ1v) is 6.76. The highest BCUT2D eigenvalue weighted by atomic mass is 35.5. The van der Waals surface area contributed by atoms with Gasteiger partial charge in [0, 0.05) is 32.0 Å². The molecule has 1 heterocycles. The Balaban J connectivity index is 1.91. The molecular formula is C12H12Cl3NO2. The molecule has 1 aromatic carbocycles. The van der Waals surface area contributed by atoms with E-state index in [0.717, 1.165) is 12.8 Å². The number of halogens is 3. The number of carbonyl (C=O) groups is 1. The van der Waals surface area contributed by atoms with Gasteiger partial charge in [0.05, 0.1) is 10.0 Å². The molecule has 2 rings (SSSR count). The molecule has 0 aliphatic carbocycles. The molecule has 1 saturated heterocycles. The van der Waals surface area contributed by atoms with Crippen LogP contribution in [-0.4, -0.2) is 29.5 Å². The van der Waals surface area contributed by atoms with Crippen LogP contribution in [0.2, 0.25) is 10.0 Å². The number of ether oxygens (including phenoxy) is 1. The van der Waals surface area contributed by atoms with E-state index in [2.05, 4.69) is 0 Å². The van der Waals surface area contributed by atoms with Crippen molar-refractivity contribution in [2.45, 2.75) is 18.9 Å². The van der Waals surface area contributed by atoms with Crippen LogP contribution in [0.3, 0.4) is 0 Å². The van der Waals surface area contributed by atoms with Gasteiger partial charge in [0.15, 0.2) is 0 Å². The van der Waals surface area contributed by atoms with Gasteiger partial charge in [0.1, 0.15) is 11.9 Å². The van der Waals surface area contributed by atoms with E-state index in [1.54, 1.807) is 23.1 Å². The fraction of sp³-hybridized carbons (Fsp3) is 0.417. The average Bonchev–Trinajstić information content (AvgIpc) is 2.34. The van der Waals surface area contributed by atoms with Gasteiger partial charge >= 0.3 is 5.37 Å². The predicted molar refractivity (Wildman–Crippen MR) is 72.9 cm³/mol. The first-order valence-electron chi connectivity index (χ1n) is 5.62. The number of rotatable bonds is 2. The maximum atomic E-state index is 11.0. The van der Waals surface area contributed by atoms with E-state index in [4.69, 9.17) is 39.5 Å². The van der Waals surface area contributed by atoms with Crippen LogP contribution < -0.4 is 4.74 Å². The van der Waals surface area contributed by atoms with Crippen molar-refractivity contribution < 1.29 is 9.53 Å². The number of benzene rings is 1. The monoisotopic (exact) mass is 307 g/mol. The first-order chi connectivity index (χ1) is 8.56. The van der Waals surface area contributed by atoms with Gasteiger partial charge in [-0.25, -0.2) is 0 Å². The van der Waals surface area contributed by atoms with Gasteiger partial charge in [-0.15, -0.1) is 0 Å². The van der Waals surface area contributed by atoms with Crippen molar-refractivity contribution in [2.75, 3.05) is 13.1 Å². The standard InChI is InChI=1S/C12H12Cl3NO2/c13-10-2-1-9(7-11(10)14)18-8-3-5-16(6-4-8)12(15)17/h1-2,7-8H,3-6H2. The molecule has 0 atom stereocenters. The Morgan fingerprint density at radius 1 is 1.22 bits per heavy atom. The Bertz CT molecular complexity index is 445. The summed E-state index contributed by atoms with van der Waals surface area (Å²) in [6.07, 6.45) is 1.60. The number of carbonyl (C=O) groups excluding carboxylic acids is 1. The highest BCUT2D eigenvalue weighted by Crippen LogP contribution is 2.28. The molecule has 6 heteroatoms. The highest BCUT2D eigenvalue weighted by molar-refractivity contribution is 6.62. The first kappa shape index (κ1) is 13.8. The van der Waals surface area contributed by atoms with Crippen LogP contribution in [0, 0.1) is 0 Å². The Morgan fingerprint density at radius 3 is 2.44 bits per heavy atom. The lowest BCUT2D eigenvalue weighted by atomic mass is 10.1. The SMILES string of the molecule is O=C(Cl)N1CCC(Oc2ccc(Cl)c(Cl)c2)CC1. The summed E-state index contributed by atoms with van der Waals surface area (Å²) in [7, 11) is 0. The molecule has 98 valence electrons. The Morgan fingerprint density at radius 2 is 1.89 bits per heavy atom. The van der Waals surface area contributed by atoms with Crippen molar-refractivity contribution in [1.82, 2.24) is 4.90 Å². The second-order valence-corrected chi connectivity index (χ2v) is 5.27. The van der Waals surface area contributed by atoms with Crippen LogP contribution in [0.5, 0.6) is 5.75 Å². The summed E-state index contributed by atoms with van der Waals surface area (Å²) in [4.78, 5) is 12.6. The molecule has 0 unspecified atom stereocenters. The molecule has 0 saturated carbocycles. The minimum atomic E-state index is -0.400. The van der Waals surface area contributed by atoms with Crippen LogP contribution in [0.25, 0.3) is 0 Å².